The Labute approximate surface area is 79.2 Å². The predicted octanol–water partition coefficient (Wildman–Crippen LogP) is 0.794. The lowest BCUT2D eigenvalue weighted by molar-refractivity contribution is 1.01. The average molecular weight is 205 g/mol. The van der Waals surface area contributed by atoms with Crippen molar-refractivity contribution in [2.45, 2.75) is 6.92 Å². The fraction of sp³-hybridized carbons (Fsp3) is 0.167. The van der Waals surface area contributed by atoms with Gasteiger partial charge >= 0.3 is 0 Å². The Morgan fingerprint density at radius 2 is 2.42 bits per heavy atom. The molecule has 0 saturated heterocycles. The van der Waals surface area contributed by atoms with E-state index in [1.165, 1.54) is 11.3 Å². The molecule has 4 nitrogen and oxygen atoms in total. The van der Waals surface area contributed by atoms with E-state index in [1.54, 1.807) is 0 Å². The van der Waals surface area contributed by atoms with Gasteiger partial charge in [0.05, 0.1) is 9.90 Å². The highest BCUT2D eigenvalue weighted by Gasteiger charge is 2.09. The number of rotatable bonds is 1. The second kappa shape index (κ2) is 3.75. The van der Waals surface area contributed by atoms with Crippen LogP contribution < -0.4 is 17.1 Å². The molecule has 5 N–H and O–H groups in total. The van der Waals surface area contributed by atoms with Gasteiger partial charge in [-0.1, -0.05) is 11.6 Å². The quantitative estimate of drug-likeness (QED) is 0.274. The highest BCUT2D eigenvalue weighted by atomic mass is 35.5. The van der Waals surface area contributed by atoms with E-state index in [2.05, 4.69) is 10.5 Å². The van der Waals surface area contributed by atoms with E-state index in [9.17, 15) is 0 Å². The summed E-state index contributed by atoms with van der Waals surface area (Å²) >= 11 is 7.36. The largest absolute Gasteiger partial charge is 0.321 e. The van der Waals surface area contributed by atoms with Gasteiger partial charge in [-0.15, -0.1) is 11.3 Å². The van der Waals surface area contributed by atoms with Crippen LogP contribution in [0, 0.1) is 6.92 Å². The van der Waals surface area contributed by atoms with E-state index < -0.39 is 0 Å². The van der Waals surface area contributed by atoms with Gasteiger partial charge in [0.25, 0.3) is 0 Å². The number of nitrogens with one attached hydrogen (secondary N) is 1. The molecular formula is C6H9ClN4S. The SMILES string of the molecule is Cc1cc(Cl)c(/C(=N/N)NN)s1. The minimum absolute atomic E-state index is 0.401. The van der Waals surface area contributed by atoms with E-state index in [1.807, 2.05) is 13.0 Å². The molecule has 1 aromatic heterocycles. The van der Waals surface area contributed by atoms with Gasteiger partial charge in [0.2, 0.25) is 0 Å². The Morgan fingerprint density at radius 3 is 2.75 bits per heavy atom. The van der Waals surface area contributed by atoms with E-state index in [4.69, 9.17) is 23.3 Å². The number of nitrogens with two attached hydrogens (primary N) is 2. The maximum atomic E-state index is 5.88. The Bertz CT molecular complexity index is 306. The number of hydrogen-bond acceptors (Lipinski definition) is 4. The third-order valence-corrected chi connectivity index (χ3v) is 2.76. The topological polar surface area (TPSA) is 76.4 Å². The second-order valence-electron chi connectivity index (χ2n) is 2.16. The van der Waals surface area contributed by atoms with E-state index in [0.717, 1.165) is 9.75 Å². The van der Waals surface area contributed by atoms with Gasteiger partial charge in [0, 0.05) is 4.88 Å². The fourth-order valence-electron chi connectivity index (χ4n) is 0.806. The first-order chi connectivity index (χ1) is 5.69. The van der Waals surface area contributed by atoms with Gasteiger partial charge in [-0.05, 0) is 13.0 Å². The van der Waals surface area contributed by atoms with Gasteiger partial charge in [-0.25, -0.2) is 5.84 Å². The number of nitrogens with zero attached hydrogens (tertiary/aromatic N) is 1. The first kappa shape index (κ1) is 9.31. The first-order valence-electron chi connectivity index (χ1n) is 3.20. The van der Waals surface area contributed by atoms with Crippen LogP contribution in [0.3, 0.4) is 0 Å². The van der Waals surface area contributed by atoms with Crippen molar-refractivity contribution in [1.82, 2.24) is 5.43 Å². The van der Waals surface area contributed by atoms with Gasteiger partial charge in [-0.3, -0.25) is 0 Å². The molecule has 1 rings (SSSR count). The molecule has 66 valence electrons. The smallest absolute Gasteiger partial charge is 0.178 e. The zero-order valence-corrected chi connectivity index (χ0v) is 8.04. The average Bonchev–Trinajstić information content (AvgIpc) is 2.34. The molecule has 0 aliphatic heterocycles. The summed E-state index contributed by atoms with van der Waals surface area (Å²) in [5.74, 6) is 10.7. The van der Waals surface area contributed by atoms with Gasteiger partial charge in [0.15, 0.2) is 5.84 Å². The van der Waals surface area contributed by atoms with Crippen LogP contribution in [0.4, 0.5) is 0 Å². The number of hydrogen-bond donors (Lipinski definition) is 3. The zero-order chi connectivity index (χ0) is 9.14. The molecule has 1 heterocycles. The number of hydrazine groups is 1. The lowest BCUT2D eigenvalue weighted by Gasteiger charge is -1.99. The van der Waals surface area contributed by atoms with E-state index in [-0.39, 0.29) is 0 Å². The third kappa shape index (κ3) is 1.69. The zero-order valence-electron chi connectivity index (χ0n) is 6.47. The molecule has 0 aromatic carbocycles. The number of hydrazone groups is 1. The van der Waals surface area contributed by atoms with Crippen molar-refractivity contribution >= 4 is 28.8 Å². The molecule has 0 fully saturated rings. The van der Waals surface area contributed by atoms with E-state index in [0.29, 0.717) is 10.9 Å². The highest BCUT2D eigenvalue weighted by molar-refractivity contribution is 7.14. The van der Waals surface area contributed by atoms with Crippen LogP contribution in [0.15, 0.2) is 11.2 Å². The van der Waals surface area contributed by atoms with Crippen LogP contribution in [0.1, 0.15) is 9.75 Å². The van der Waals surface area contributed by atoms with Gasteiger partial charge < -0.3 is 11.3 Å². The summed E-state index contributed by atoms with van der Waals surface area (Å²) < 4.78 is 0. The van der Waals surface area contributed by atoms with Crippen LogP contribution >= 0.6 is 22.9 Å². The fourth-order valence-corrected chi connectivity index (χ4v) is 2.10. The summed E-state index contributed by atoms with van der Waals surface area (Å²) in [4.78, 5) is 1.85. The van der Waals surface area contributed by atoms with E-state index >= 15 is 0 Å². The maximum Gasteiger partial charge on any atom is 0.178 e. The number of amidine groups is 1. The summed E-state index contributed by atoms with van der Waals surface area (Å²) in [7, 11) is 0. The van der Waals surface area contributed by atoms with Crippen molar-refractivity contribution in [1.29, 1.82) is 0 Å². The summed E-state index contributed by atoms with van der Waals surface area (Å²) in [6.07, 6.45) is 0. The molecule has 1 aromatic rings. The minimum Gasteiger partial charge on any atom is -0.321 e. The summed E-state index contributed by atoms with van der Waals surface area (Å²) in [5.41, 5.74) is 2.37. The van der Waals surface area contributed by atoms with Crippen LogP contribution in [-0.4, -0.2) is 5.84 Å². The van der Waals surface area contributed by atoms with Crippen molar-refractivity contribution < 1.29 is 0 Å². The molecule has 0 saturated carbocycles. The molecule has 0 unspecified atom stereocenters. The molecule has 0 amide bonds. The molecule has 0 bridgehead atoms. The van der Waals surface area contributed by atoms with Crippen molar-refractivity contribution in [2.75, 3.05) is 0 Å². The maximum absolute atomic E-state index is 5.88. The number of aryl methyl sites for hydroxylation is 1. The van der Waals surface area contributed by atoms with Crippen LogP contribution in [0.5, 0.6) is 0 Å². The molecule has 6 heteroatoms. The Hall–Kier alpha value is -0.780. The monoisotopic (exact) mass is 204 g/mol. The lowest BCUT2D eigenvalue weighted by atomic mass is 10.4. The number of halogens is 1. The molecule has 0 spiro atoms. The highest BCUT2D eigenvalue weighted by Crippen LogP contribution is 2.25. The molecule has 0 aliphatic carbocycles. The minimum atomic E-state index is 0.401. The molecule has 0 radical (unpaired) electrons. The standard InChI is InChI=1S/C6H9ClN4S/c1-3-2-4(7)5(12-3)6(10-8)11-9/h2H,8-9H2,1H3,(H,10,11). The van der Waals surface area contributed by atoms with Crippen molar-refractivity contribution in [3.8, 4) is 0 Å². The molecular weight excluding hydrogens is 196 g/mol. The summed E-state index contributed by atoms with van der Waals surface area (Å²) in [6, 6.07) is 1.84. The molecule has 12 heavy (non-hydrogen) atoms. The van der Waals surface area contributed by atoms with Crippen LogP contribution in [-0.2, 0) is 0 Å². The van der Waals surface area contributed by atoms with Crippen LogP contribution in [0.25, 0.3) is 0 Å². The van der Waals surface area contributed by atoms with Crippen molar-refractivity contribution in [2.24, 2.45) is 16.8 Å². The normalized spacial score (nSPS) is 11.8. The third-order valence-electron chi connectivity index (χ3n) is 1.29. The number of thiophene rings is 1. The second-order valence-corrected chi connectivity index (χ2v) is 3.82. The predicted molar refractivity (Wildman–Crippen MR) is 52.1 cm³/mol. The Balaban J connectivity index is 3.09. The summed E-state index contributed by atoms with van der Waals surface area (Å²) in [6.45, 7) is 1.95. The van der Waals surface area contributed by atoms with Gasteiger partial charge in [-0.2, -0.15) is 5.10 Å². The van der Waals surface area contributed by atoms with Crippen LogP contribution in [0.2, 0.25) is 5.02 Å². The van der Waals surface area contributed by atoms with Gasteiger partial charge in [0.1, 0.15) is 0 Å². The Morgan fingerprint density at radius 1 is 1.75 bits per heavy atom. The Kier molecular flexibility index (Phi) is 2.91. The first-order valence-corrected chi connectivity index (χ1v) is 4.39. The van der Waals surface area contributed by atoms with Crippen molar-refractivity contribution in [3.63, 3.8) is 0 Å². The lowest BCUT2D eigenvalue weighted by Crippen LogP contribution is -2.31. The molecule has 0 atom stereocenters. The van der Waals surface area contributed by atoms with Crippen molar-refractivity contribution in [3.05, 3.63) is 20.8 Å². The molecule has 0 aliphatic rings. The summed E-state index contributed by atoms with van der Waals surface area (Å²) in [5, 5.41) is 4.07.